The largest absolute Gasteiger partial charge is 0.491 e. The second kappa shape index (κ2) is 9.37. The van der Waals surface area contributed by atoms with Gasteiger partial charge < -0.3 is 15.2 Å². The van der Waals surface area contributed by atoms with E-state index in [2.05, 4.69) is 42.0 Å². The van der Waals surface area contributed by atoms with Gasteiger partial charge in [0.1, 0.15) is 18.5 Å². The zero-order valence-corrected chi connectivity index (χ0v) is 14.2. The molecule has 0 bridgehead atoms. The predicted molar refractivity (Wildman–Crippen MR) is 87.2 cm³/mol. The molecule has 0 aliphatic heterocycles. The molecule has 1 rings (SSSR count). The number of benzene rings is 1. The highest BCUT2D eigenvalue weighted by Gasteiger charge is 2.08. The topological polar surface area (TPSA) is 41.5 Å². The van der Waals surface area contributed by atoms with Gasteiger partial charge in [-0.3, -0.25) is 0 Å². The summed E-state index contributed by atoms with van der Waals surface area (Å²) < 4.78 is 6.56. The summed E-state index contributed by atoms with van der Waals surface area (Å²) in [6, 6.07) is 8.05. The van der Waals surface area contributed by atoms with E-state index in [0.29, 0.717) is 19.2 Å². The summed E-state index contributed by atoms with van der Waals surface area (Å²) in [5.74, 6) is 1.50. The van der Waals surface area contributed by atoms with Crippen LogP contribution in [0.4, 0.5) is 0 Å². The lowest BCUT2D eigenvalue weighted by Gasteiger charge is -2.18. The maximum Gasteiger partial charge on any atom is 0.119 e. The Bertz CT molecular complexity index is 367. The molecule has 4 heteroatoms. The summed E-state index contributed by atoms with van der Waals surface area (Å²) in [6.45, 7) is 7.49. The number of rotatable bonds is 9. The first-order valence-electron chi connectivity index (χ1n) is 7.27. The first-order valence-corrected chi connectivity index (χ1v) is 8.06. The van der Waals surface area contributed by atoms with Gasteiger partial charge in [-0.1, -0.05) is 29.8 Å². The molecule has 0 heterocycles. The van der Waals surface area contributed by atoms with Crippen LogP contribution in [0, 0.1) is 5.92 Å². The van der Waals surface area contributed by atoms with Gasteiger partial charge in [0, 0.05) is 17.1 Å². The summed E-state index contributed by atoms with van der Waals surface area (Å²) in [6.07, 6.45) is 1.86. The van der Waals surface area contributed by atoms with E-state index in [-0.39, 0.29) is 0 Å². The number of aliphatic hydroxyl groups is 1. The van der Waals surface area contributed by atoms with Crippen molar-refractivity contribution in [2.75, 3.05) is 13.2 Å². The second-order valence-electron chi connectivity index (χ2n) is 5.70. The van der Waals surface area contributed by atoms with Crippen LogP contribution in [0.3, 0.4) is 0 Å². The molecule has 0 saturated heterocycles. The van der Waals surface area contributed by atoms with Gasteiger partial charge in [-0.25, -0.2) is 0 Å². The maximum atomic E-state index is 9.89. The third kappa shape index (κ3) is 7.88. The standard InChI is InChI=1S/C16H26BrNO2/c1-12(2)4-5-13(3)18-10-15(19)11-20-16-8-6-14(17)7-9-16/h6-9,12-13,15,18-19H,4-5,10-11H2,1-3H3. The number of aliphatic hydroxyl groups excluding tert-OH is 1. The number of hydrogen-bond acceptors (Lipinski definition) is 3. The molecule has 2 N–H and O–H groups in total. The Balaban J connectivity index is 2.16. The average molecular weight is 344 g/mol. The quantitative estimate of drug-likeness (QED) is 0.719. The molecule has 2 unspecified atom stereocenters. The van der Waals surface area contributed by atoms with Crippen LogP contribution < -0.4 is 10.1 Å². The highest BCUT2D eigenvalue weighted by molar-refractivity contribution is 9.10. The van der Waals surface area contributed by atoms with Crippen LogP contribution in [0.1, 0.15) is 33.6 Å². The van der Waals surface area contributed by atoms with Crippen molar-refractivity contribution >= 4 is 15.9 Å². The van der Waals surface area contributed by atoms with Crippen LogP contribution in [0.25, 0.3) is 0 Å². The van der Waals surface area contributed by atoms with Gasteiger partial charge in [0.05, 0.1) is 0 Å². The van der Waals surface area contributed by atoms with Crippen molar-refractivity contribution in [3.63, 3.8) is 0 Å². The third-order valence-electron chi connectivity index (χ3n) is 3.13. The second-order valence-corrected chi connectivity index (χ2v) is 6.61. The zero-order valence-electron chi connectivity index (χ0n) is 12.6. The molecular formula is C16H26BrNO2. The first-order chi connectivity index (χ1) is 9.47. The van der Waals surface area contributed by atoms with E-state index in [1.807, 2.05) is 24.3 Å². The number of halogens is 1. The molecule has 1 aromatic rings. The molecule has 114 valence electrons. The van der Waals surface area contributed by atoms with Crippen molar-refractivity contribution in [1.82, 2.24) is 5.32 Å². The molecule has 0 aromatic heterocycles. The molecule has 2 atom stereocenters. The van der Waals surface area contributed by atoms with E-state index in [1.54, 1.807) is 0 Å². The van der Waals surface area contributed by atoms with Gasteiger partial charge >= 0.3 is 0 Å². The van der Waals surface area contributed by atoms with Gasteiger partial charge in [0.15, 0.2) is 0 Å². The van der Waals surface area contributed by atoms with Crippen molar-refractivity contribution in [2.24, 2.45) is 5.92 Å². The van der Waals surface area contributed by atoms with E-state index in [9.17, 15) is 5.11 Å². The van der Waals surface area contributed by atoms with E-state index < -0.39 is 6.10 Å². The molecule has 20 heavy (non-hydrogen) atoms. The van der Waals surface area contributed by atoms with Crippen molar-refractivity contribution < 1.29 is 9.84 Å². The highest BCUT2D eigenvalue weighted by Crippen LogP contribution is 2.16. The predicted octanol–water partition coefficient (Wildman–Crippen LogP) is 3.60. The minimum atomic E-state index is -0.486. The van der Waals surface area contributed by atoms with Crippen LogP contribution in [0.5, 0.6) is 5.75 Å². The van der Waals surface area contributed by atoms with Crippen LogP contribution in [-0.4, -0.2) is 30.4 Å². The van der Waals surface area contributed by atoms with Crippen LogP contribution in [0.15, 0.2) is 28.7 Å². The normalized spacial score (nSPS) is 14.3. The Morgan fingerprint density at radius 2 is 1.80 bits per heavy atom. The highest BCUT2D eigenvalue weighted by atomic mass is 79.9. The lowest BCUT2D eigenvalue weighted by molar-refractivity contribution is 0.103. The van der Waals surface area contributed by atoms with Crippen molar-refractivity contribution in [3.8, 4) is 5.75 Å². The number of nitrogens with one attached hydrogen (secondary N) is 1. The zero-order chi connectivity index (χ0) is 15.0. The molecule has 1 aromatic carbocycles. The molecule has 0 aliphatic carbocycles. The van der Waals surface area contributed by atoms with Crippen molar-refractivity contribution in [3.05, 3.63) is 28.7 Å². The molecule has 0 amide bonds. The van der Waals surface area contributed by atoms with Crippen molar-refractivity contribution in [1.29, 1.82) is 0 Å². The molecule has 0 fully saturated rings. The fourth-order valence-electron chi connectivity index (χ4n) is 1.80. The minimum Gasteiger partial charge on any atom is -0.491 e. The summed E-state index contributed by atoms with van der Waals surface area (Å²) in [4.78, 5) is 0. The molecule has 0 saturated carbocycles. The molecule has 0 aliphatic rings. The van der Waals surface area contributed by atoms with E-state index in [0.717, 1.165) is 22.6 Å². The van der Waals surface area contributed by atoms with E-state index in [4.69, 9.17) is 4.74 Å². The molecule has 3 nitrogen and oxygen atoms in total. The average Bonchev–Trinajstić information content (AvgIpc) is 2.42. The van der Waals surface area contributed by atoms with Crippen molar-refractivity contribution in [2.45, 2.75) is 45.8 Å². The lowest BCUT2D eigenvalue weighted by atomic mass is 10.0. The smallest absolute Gasteiger partial charge is 0.119 e. The maximum absolute atomic E-state index is 9.89. The Morgan fingerprint density at radius 3 is 2.40 bits per heavy atom. The van der Waals surface area contributed by atoms with E-state index in [1.165, 1.54) is 6.42 Å². The lowest BCUT2D eigenvalue weighted by Crippen LogP contribution is -2.36. The minimum absolute atomic E-state index is 0.311. The Labute approximate surface area is 130 Å². The Hall–Kier alpha value is -0.580. The number of ether oxygens (including phenoxy) is 1. The van der Waals surface area contributed by atoms with Gasteiger partial charge in [0.2, 0.25) is 0 Å². The van der Waals surface area contributed by atoms with Gasteiger partial charge in [-0.2, -0.15) is 0 Å². The van der Waals surface area contributed by atoms with Crippen LogP contribution >= 0.6 is 15.9 Å². The van der Waals surface area contributed by atoms with Gasteiger partial charge in [-0.05, 0) is 49.9 Å². The monoisotopic (exact) mass is 343 g/mol. The summed E-state index contributed by atoms with van der Waals surface area (Å²) in [7, 11) is 0. The fourth-order valence-corrected chi connectivity index (χ4v) is 2.07. The van der Waals surface area contributed by atoms with Gasteiger partial charge in [-0.15, -0.1) is 0 Å². The molecule has 0 spiro atoms. The summed E-state index contributed by atoms with van der Waals surface area (Å²) in [5, 5.41) is 13.2. The van der Waals surface area contributed by atoms with Crippen LogP contribution in [0.2, 0.25) is 0 Å². The summed E-state index contributed by atoms with van der Waals surface area (Å²) in [5.41, 5.74) is 0. The van der Waals surface area contributed by atoms with Crippen LogP contribution in [-0.2, 0) is 0 Å². The van der Waals surface area contributed by atoms with Gasteiger partial charge in [0.25, 0.3) is 0 Å². The Kier molecular flexibility index (Phi) is 8.19. The van der Waals surface area contributed by atoms with E-state index >= 15 is 0 Å². The Morgan fingerprint density at radius 1 is 1.15 bits per heavy atom. The fraction of sp³-hybridized carbons (Fsp3) is 0.625. The molecular weight excluding hydrogens is 318 g/mol. The SMILES string of the molecule is CC(C)CCC(C)NCC(O)COc1ccc(Br)cc1. The number of hydrogen-bond donors (Lipinski definition) is 2. The third-order valence-corrected chi connectivity index (χ3v) is 3.66. The summed E-state index contributed by atoms with van der Waals surface area (Å²) >= 11 is 3.38. The molecule has 0 radical (unpaired) electrons. The first kappa shape index (κ1) is 17.5.